The van der Waals surface area contributed by atoms with E-state index in [4.69, 9.17) is 0 Å². The van der Waals surface area contributed by atoms with E-state index in [1.54, 1.807) is 0 Å². The summed E-state index contributed by atoms with van der Waals surface area (Å²) in [4.78, 5) is 15.9. The number of piperazine rings is 1. The van der Waals surface area contributed by atoms with Crippen LogP contribution in [0.2, 0.25) is 0 Å². The SMILES string of the molecule is CCN1CCN(C2CNC2)C(=O)C1. The number of carbonyl (C=O) groups excluding carboxylic acids is 1. The molecule has 0 radical (unpaired) electrons. The Morgan fingerprint density at radius 1 is 1.46 bits per heavy atom. The second-order valence-electron chi connectivity index (χ2n) is 3.77. The summed E-state index contributed by atoms with van der Waals surface area (Å²) in [6.07, 6.45) is 0. The summed E-state index contributed by atoms with van der Waals surface area (Å²) in [5.41, 5.74) is 0. The third-order valence-corrected chi connectivity index (χ3v) is 2.98. The standard InChI is InChI=1S/C9H17N3O/c1-2-11-3-4-12(9(13)7-11)8-5-10-6-8/h8,10H,2-7H2,1H3. The fourth-order valence-electron chi connectivity index (χ4n) is 1.88. The number of likely N-dealkylation sites (N-methyl/N-ethyl adjacent to an activating group) is 1. The molecule has 2 saturated heterocycles. The van der Waals surface area contributed by atoms with Gasteiger partial charge in [-0.1, -0.05) is 6.92 Å². The van der Waals surface area contributed by atoms with Crippen LogP contribution in [0.15, 0.2) is 0 Å². The van der Waals surface area contributed by atoms with E-state index < -0.39 is 0 Å². The van der Waals surface area contributed by atoms with Gasteiger partial charge < -0.3 is 10.2 Å². The molecule has 4 heteroatoms. The van der Waals surface area contributed by atoms with Crippen molar-refractivity contribution in [3.05, 3.63) is 0 Å². The second-order valence-corrected chi connectivity index (χ2v) is 3.77. The van der Waals surface area contributed by atoms with Crippen LogP contribution in [0, 0.1) is 0 Å². The fourth-order valence-corrected chi connectivity index (χ4v) is 1.88. The molecule has 2 aliphatic heterocycles. The maximum Gasteiger partial charge on any atom is 0.237 e. The highest BCUT2D eigenvalue weighted by molar-refractivity contribution is 5.79. The summed E-state index contributed by atoms with van der Waals surface area (Å²) < 4.78 is 0. The molecule has 0 bridgehead atoms. The van der Waals surface area contributed by atoms with Gasteiger partial charge in [-0.3, -0.25) is 9.69 Å². The number of rotatable bonds is 2. The van der Waals surface area contributed by atoms with Crippen molar-refractivity contribution in [1.82, 2.24) is 15.1 Å². The monoisotopic (exact) mass is 183 g/mol. The Balaban J connectivity index is 1.89. The summed E-state index contributed by atoms with van der Waals surface area (Å²) in [6.45, 7) is 7.64. The van der Waals surface area contributed by atoms with Gasteiger partial charge >= 0.3 is 0 Å². The molecule has 1 N–H and O–H groups in total. The number of carbonyl (C=O) groups is 1. The summed E-state index contributed by atoms with van der Waals surface area (Å²) in [6, 6.07) is 0.478. The van der Waals surface area contributed by atoms with E-state index in [-0.39, 0.29) is 0 Å². The molecule has 4 nitrogen and oxygen atoms in total. The molecule has 0 unspecified atom stereocenters. The van der Waals surface area contributed by atoms with Crippen LogP contribution in [-0.4, -0.2) is 61.0 Å². The number of hydrogen-bond acceptors (Lipinski definition) is 3. The van der Waals surface area contributed by atoms with Gasteiger partial charge in [0.2, 0.25) is 5.91 Å². The first-order valence-corrected chi connectivity index (χ1v) is 5.04. The van der Waals surface area contributed by atoms with Crippen molar-refractivity contribution < 1.29 is 4.79 Å². The van der Waals surface area contributed by atoms with Crippen LogP contribution >= 0.6 is 0 Å². The minimum atomic E-state index is 0.305. The van der Waals surface area contributed by atoms with Crippen LogP contribution in [0.3, 0.4) is 0 Å². The summed E-state index contributed by atoms with van der Waals surface area (Å²) in [7, 11) is 0. The van der Waals surface area contributed by atoms with Gasteiger partial charge in [0.25, 0.3) is 0 Å². The highest BCUT2D eigenvalue weighted by atomic mass is 16.2. The Kier molecular flexibility index (Phi) is 2.51. The van der Waals surface area contributed by atoms with E-state index in [2.05, 4.69) is 17.1 Å². The Hall–Kier alpha value is -0.610. The molecule has 0 atom stereocenters. The summed E-state index contributed by atoms with van der Waals surface area (Å²) in [5.74, 6) is 0.305. The van der Waals surface area contributed by atoms with Gasteiger partial charge in [-0.15, -0.1) is 0 Å². The highest BCUT2D eigenvalue weighted by Gasteiger charge is 2.31. The molecule has 2 rings (SSSR count). The molecule has 0 spiro atoms. The number of amides is 1. The van der Waals surface area contributed by atoms with Crippen molar-refractivity contribution in [1.29, 1.82) is 0 Å². The Morgan fingerprint density at radius 3 is 2.69 bits per heavy atom. The van der Waals surface area contributed by atoms with Gasteiger partial charge in [-0.25, -0.2) is 0 Å². The van der Waals surface area contributed by atoms with Gasteiger partial charge in [0, 0.05) is 26.2 Å². The average Bonchev–Trinajstić information content (AvgIpc) is 2.05. The van der Waals surface area contributed by atoms with E-state index in [1.165, 1.54) is 0 Å². The quantitative estimate of drug-likeness (QED) is 0.604. The third-order valence-electron chi connectivity index (χ3n) is 2.98. The second kappa shape index (κ2) is 3.64. The lowest BCUT2D eigenvalue weighted by Gasteiger charge is -2.42. The largest absolute Gasteiger partial charge is 0.335 e. The zero-order valence-electron chi connectivity index (χ0n) is 8.12. The zero-order chi connectivity index (χ0) is 9.26. The maximum atomic E-state index is 11.7. The summed E-state index contributed by atoms with van der Waals surface area (Å²) >= 11 is 0. The van der Waals surface area contributed by atoms with Crippen molar-refractivity contribution in [3.63, 3.8) is 0 Å². The van der Waals surface area contributed by atoms with Crippen molar-refractivity contribution in [2.45, 2.75) is 13.0 Å². The molecule has 0 saturated carbocycles. The normalized spacial score (nSPS) is 26.2. The van der Waals surface area contributed by atoms with Crippen molar-refractivity contribution in [3.8, 4) is 0 Å². The minimum absolute atomic E-state index is 0.305. The highest BCUT2D eigenvalue weighted by Crippen LogP contribution is 2.10. The van der Waals surface area contributed by atoms with Gasteiger partial charge in [-0.05, 0) is 6.54 Å². The number of nitrogens with one attached hydrogen (secondary N) is 1. The van der Waals surface area contributed by atoms with E-state index in [1.807, 2.05) is 4.90 Å². The van der Waals surface area contributed by atoms with Crippen LogP contribution in [-0.2, 0) is 4.79 Å². The topological polar surface area (TPSA) is 35.6 Å². The molecular formula is C9H17N3O. The maximum absolute atomic E-state index is 11.7. The molecule has 0 aromatic heterocycles. The first-order chi connectivity index (χ1) is 6.31. The van der Waals surface area contributed by atoms with E-state index in [0.717, 1.165) is 32.7 Å². The van der Waals surface area contributed by atoms with Crippen LogP contribution in [0.25, 0.3) is 0 Å². The number of hydrogen-bond donors (Lipinski definition) is 1. The van der Waals surface area contributed by atoms with Gasteiger partial charge in [0.1, 0.15) is 0 Å². The zero-order valence-corrected chi connectivity index (χ0v) is 8.12. The lowest BCUT2D eigenvalue weighted by molar-refractivity contribution is -0.139. The predicted octanol–water partition coefficient (Wildman–Crippen LogP) is -0.878. The molecular weight excluding hydrogens is 166 g/mol. The van der Waals surface area contributed by atoms with Gasteiger partial charge in [0.15, 0.2) is 0 Å². The molecule has 1 amide bonds. The van der Waals surface area contributed by atoms with Crippen molar-refractivity contribution in [2.75, 3.05) is 39.3 Å². The molecule has 2 aliphatic rings. The lowest BCUT2D eigenvalue weighted by Crippen LogP contribution is -2.63. The Labute approximate surface area is 78.9 Å². The average molecular weight is 183 g/mol. The van der Waals surface area contributed by atoms with E-state index in [9.17, 15) is 4.79 Å². The molecule has 0 aromatic rings. The minimum Gasteiger partial charge on any atom is -0.335 e. The van der Waals surface area contributed by atoms with Crippen LogP contribution in [0.5, 0.6) is 0 Å². The Bertz CT molecular complexity index is 203. The van der Waals surface area contributed by atoms with Crippen molar-refractivity contribution >= 4 is 5.91 Å². The molecule has 0 aromatic carbocycles. The predicted molar refractivity (Wildman–Crippen MR) is 50.5 cm³/mol. The molecule has 2 heterocycles. The fraction of sp³-hybridized carbons (Fsp3) is 0.889. The summed E-state index contributed by atoms with van der Waals surface area (Å²) in [5, 5.41) is 3.20. The smallest absolute Gasteiger partial charge is 0.237 e. The Morgan fingerprint density at radius 2 is 2.23 bits per heavy atom. The molecule has 2 fully saturated rings. The van der Waals surface area contributed by atoms with Crippen molar-refractivity contribution in [2.24, 2.45) is 0 Å². The van der Waals surface area contributed by atoms with Crippen LogP contribution < -0.4 is 5.32 Å². The van der Waals surface area contributed by atoms with E-state index >= 15 is 0 Å². The third kappa shape index (κ3) is 1.69. The number of nitrogens with zero attached hydrogens (tertiary/aromatic N) is 2. The van der Waals surface area contributed by atoms with E-state index in [0.29, 0.717) is 18.5 Å². The first kappa shape index (κ1) is 8.97. The van der Waals surface area contributed by atoms with Gasteiger partial charge in [0.05, 0.1) is 12.6 Å². The van der Waals surface area contributed by atoms with Gasteiger partial charge in [-0.2, -0.15) is 0 Å². The first-order valence-electron chi connectivity index (χ1n) is 5.04. The molecule has 0 aliphatic carbocycles. The molecule has 74 valence electrons. The van der Waals surface area contributed by atoms with Crippen LogP contribution in [0.4, 0.5) is 0 Å². The van der Waals surface area contributed by atoms with Crippen LogP contribution in [0.1, 0.15) is 6.92 Å². The molecule has 13 heavy (non-hydrogen) atoms. The lowest BCUT2D eigenvalue weighted by atomic mass is 10.1.